The van der Waals surface area contributed by atoms with Crippen LogP contribution >= 0.6 is 0 Å². The van der Waals surface area contributed by atoms with Crippen molar-refractivity contribution in [1.29, 1.82) is 0 Å². The summed E-state index contributed by atoms with van der Waals surface area (Å²) < 4.78 is 0. The third-order valence-electron chi connectivity index (χ3n) is 7.35. The minimum absolute atomic E-state index is 0.0309. The molecule has 0 radical (unpaired) electrons. The number of ketones is 1. The zero-order valence-electron chi connectivity index (χ0n) is 25.8. The number of hydrogen-bond donors (Lipinski definition) is 6. The second-order valence-electron chi connectivity index (χ2n) is 12.1. The van der Waals surface area contributed by atoms with E-state index in [2.05, 4.69) is 31.9 Å². The van der Waals surface area contributed by atoms with Gasteiger partial charge in [-0.25, -0.2) is 0 Å². The molecule has 0 saturated carbocycles. The van der Waals surface area contributed by atoms with Crippen molar-refractivity contribution < 1.29 is 24.0 Å². The highest BCUT2D eigenvalue weighted by Gasteiger charge is 2.31. The van der Waals surface area contributed by atoms with Crippen LogP contribution in [0.4, 0.5) is 0 Å². The van der Waals surface area contributed by atoms with E-state index in [0.29, 0.717) is 25.4 Å². The number of rotatable bonds is 18. The molecule has 230 valence electrons. The molecule has 0 aromatic carbocycles. The second-order valence-corrected chi connectivity index (χ2v) is 12.1. The van der Waals surface area contributed by atoms with Crippen molar-refractivity contribution in [2.45, 2.75) is 105 Å². The predicted octanol–water partition coefficient (Wildman–Crippen LogP) is 0.872. The highest BCUT2D eigenvalue weighted by molar-refractivity contribution is 5.94. The van der Waals surface area contributed by atoms with Crippen LogP contribution in [0.1, 0.15) is 81.1 Å². The van der Waals surface area contributed by atoms with E-state index in [1.54, 1.807) is 13.8 Å². The van der Waals surface area contributed by atoms with Crippen molar-refractivity contribution >= 4 is 29.4 Å². The van der Waals surface area contributed by atoms with Crippen molar-refractivity contribution in [2.24, 2.45) is 23.7 Å². The van der Waals surface area contributed by atoms with E-state index in [9.17, 15) is 24.0 Å². The topological polar surface area (TPSA) is 158 Å². The zero-order chi connectivity index (χ0) is 30.4. The van der Waals surface area contributed by atoms with Gasteiger partial charge in [-0.05, 0) is 43.6 Å². The van der Waals surface area contributed by atoms with Crippen LogP contribution in [0.2, 0.25) is 0 Å². The van der Waals surface area contributed by atoms with E-state index in [-0.39, 0.29) is 48.5 Å². The van der Waals surface area contributed by atoms with Gasteiger partial charge in [0.2, 0.25) is 23.6 Å². The van der Waals surface area contributed by atoms with Gasteiger partial charge < -0.3 is 31.9 Å². The van der Waals surface area contributed by atoms with Crippen LogP contribution in [-0.2, 0) is 24.0 Å². The van der Waals surface area contributed by atoms with Crippen LogP contribution in [0.3, 0.4) is 0 Å². The maximum Gasteiger partial charge on any atom is 0.243 e. The molecule has 1 fully saturated rings. The van der Waals surface area contributed by atoms with E-state index in [1.807, 2.05) is 41.5 Å². The van der Waals surface area contributed by atoms with E-state index in [1.165, 1.54) is 0 Å². The fraction of sp³-hybridized carbons (Fsp3) is 0.828. The zero-order valence-corrected chi connectivity index (χ0v) is 25.8. The molecule has 11 heteroatoms. The van der Waals surface area contributed by atoms with Crippen LogP contribution in [-0.4, -0.2) is 79.8 Å². The normalized spacial score (nSPS) is 18.2. The van der Waals surface area contributed by atoms with Gasteiger partial charge in [-0.3, -0.25) is 24.0 Å². The van der Waals surface area contributed by atoms with Crippen LogP contribution in [0.25, 0.3) is 0 Å². The van der Waals surface area contributed by atoms with Crippen molar-refractivity contribution in [3.63, 3.8) is 0 Å². The lowest BCUT2D eigenvalue weighted by Gasteiger charge is -2.27. The molecular formula is C29H54N6O5. The Morgan fingerprint density at radius 2 is 1.45 bits per heavy atom. The summed E-state index contributed by atoms with van der Waals surface area (Å²) in [6.45, 7) is 16.3. The highest BCUT2D eigenvalue weighted by atomic mass is 16.2. The van der Waals surface area contributed by atoms with Gasteiger partial charge in [0.1, 0.15) is 12.1 Å². The Morgan fingerprint density at radius 1 is 0.825 bits per heavy atom. The minimum atomic E-state index is -0.881. The number of carbonyl (C=O) groups excluding carboxylic acids is 5. The molecule has 0 aromatic rings. The molecule has 1 unspecified atom stereocenters. The Bertz CT molecular complexity index is 841. The summed E-state index contributed by atoms with van der Waals surface area (Å²) >= 11 is 0. The third-order valence-corrected chi connectivity index (χ3v) is 7.35. The molecule has 40 heavy (non-hydrogen) atoms. The lowest BCUT2D eigenvalue weighted by molar-refractivity contribution is -0.134. The van der Waals surface area contributed by atoms with E-state index >= 15 is 0 Å². The number of hydrogen-bond acceptors (Lipinski definition) is 7. The summed E-state index contributed by atoms with van der Waals surface area (Å²) in [5, 5.41) is 17.6. The van der Waals surface area contributed by atoms with Gasteiger partial charge in [-0.2, -0.15) is 0 Å². The van der Waals surface area contributed by atoms with Gasteiger partial charge in [0.05, 0.1) is 19.1 Å². The molecular weight excluding hydrogens is 512 g/mol. The van der Waals surface area contributed by atoms with Crippen LogP contribution in [0.15, 0.2) is 0 Å². The molecule has 0 aliphatic carbocycles. The lowest BCUT2D eigenvalue weighted by Crippen LogP contribution is -2.57. The van der Waals surface area contributed by atoms with Crippen LogP contribution in [0, 0.1) is 23.7 Å². The monoisotopic (exact) mass is 566 g/mol. The molecule has 1 rings (SSSR count). The van der Waals surface area contributed by atoms with Crippen molar-refractivity contribution in [3.8, 4) is 0 Å². The maximum atomic E-state index is 13.3. The first-order chi connectivity index (χ1) is 18.8. The highest BCUT2D eigenvalue weighted by Crippen LogP contribution is 2.11. The quantitative estimate of drug-likeness (QED) is 0.144. The summed E-state index contributed by atoms with van der Waals surface area (Å²) in [5.74, 6) is -2.04. The van der Waals surface area contributed by atoms with E-state index < -0.39 is 35.8 Å². The molecule has 11 nitrogen and oxygen atoms in total. The van der Waals surface area contributed by atoms with Gasteiger partial charge >= 0.3 is 0 Å². The lowest BCUT2D eigenvalue weighted by atomic mass is 9.96. The van der Waals surface area contributed by atoms with Gasteiger partial charge in [-0.15, -0.1) is 0 Å². The number of Topliss-reactive ketones (excluding diaryl/α,β-unsaturated/α-hetero) is 1. The molecule has 0 bridgehead atoms. The Morgan fingerprint density at radius 3 is 1.98 bits per heavy atom. The summed E-state index contributed by atoms with van der Waals surface area (Å²) in [7, 11) is 0. The molecule has 4 amide bonds. The average molecular weight is 567 g/mol. The summed E-state index contributed by atoms with van der Waals surface area (Å²) in [4.78, 5) is 63.8. The van der Waals surface area contributed by atoms with E-state index in [4.69, 9.17) is 0 Å². The van der Waals surface area contributed by atoms with Crippen molar-refractivity contribution in [2.75, 3.05) is 26.2 Å². The molecule has 0 aromatic heterocycles. The smallest absolute Gasteiger partial charge is 0.243 e. The first-order valence-corrected chi connectivity index (χ1v) is 14.9. The minimum Gasteiger partial charge on any atom is -0.347 e. The Labute approximate surface area is 240 Å². The van der Waals surface area contributed by atoms with Gasteiger partial charge in [0, 0.05) is 18.5 Å². The Balaban J connectivity index is 2.78. The van der Waals surface area contributed by atoms with Gasteiger partial charge in [0.15, 0.2) is 5.78 Å². The second kappa shape index (κ2) is 18.0. The van der Waals surface area contributed by atoms with E-state index in [0.717, 1.165) is 19.4 Å². The average Bonchev–Trinajstić information content (AvgIpc) is 3.41. The molecule has 6 N–H and O–H groups in total. The molecule has 5 atom stereocenters. The molecule has 1 heterocycles. The van der Waals surface area contributed by atoms with Crippen LogP contribution < -0.4 is 31.9 Å². The maximum absolute atomic E-state index is 13.3. The fourth-order valence-electron chi connectivity index (χ4n) is 4.50. The van der Waals surface area contributed by atoms with Crippen molar-refractivity contribution in [1.82, 2.24) is 31.9 Å². The molecule has 1 aliphatic heterocycles. The first-order valence-electron chi connectivity index (χ1n) is 14.9. The third kappa shape index (κ3) is 12.8. The standard InChI is InChI=1S/C29H54N6O5/c1-9-20(8)26(29(40)32-15-23(36)18(4)5)35-27(38)22(13-17(2)3)34-24(37)16-33-28(39)25(19(6)7)31-14-21-11-10-12-30-21/h17-22,25-26,30-31H,9-16H2,1-8H3,(H,32,40)(H,33,39)(H,34,37)(H,35,38)/t20-,21?,22-,25-,26-/m0/s1. The number of nitrogens with one attached hydrogen (secondary N) is 6. The molecule has 0 spiro atoms. The largest absolute Gasteiger partial charge is 0.347 e. The Hall–Kier alpha value is -2.53. The summed E-state index contributed by atoms with van der Waals surface area (Å²) in [6, 6.07) is -1.84. The molecule has 1 saturated heterocycles. The molecule has 1 aliphatic rings. The first kappa shape index (κ1) is 35.5. The predicted molar refractivity (Wildman–Crippen MR) is 156 cm³/mol. The number of amides is 4. The summed E-state index contributed by atoms with van der Waals surface area (Å²) in [6.07, 6.45) is 3.18. The van der Waals surface area contributed by atoms with Crippen molar-refractivity contribution in [3.05, 3.63) is 0 Å². The fourth-order valence-corrected chi connectivity index (χ4v) is 4.50. The van der Waals surface area contributed by atoms with Gasteiger partial charge in [-0.1, -0.05) is 61.8 Å². The number of carbonyl (C=O) groups is 5. The Kier molecular flexibility index (Phi) is 16.0. The van der Waals surface area contributed by atoms with Crippen LogP contribution in [0.5, 0.6) is 0 Å². The van der Waals surface area contributed by atoms with Gasteiger partial charge in [0.25, 0.3) is 0 Å². The summed E-state index contributed by atoms with van der Waals surface area (Å²) in [5.41, 5.74) is 0. The SMILES string of the molecule is CC[C@H](C)[C@H](NC(=O)[C@H](CC(C)C)NC(=O)CNC(=O)[C@@H](NCC1CCCN1)C(C)C)C(=O)NCC(=O)C(C)C.